The van der Waals surface area contributed by atoms with Gasteiger partial charge in [-0.3, -0.25) is 4.90 Å². The average Bonchev–Trinajstić information content (AvgIpc) is 2.77. The summed E-state index contributed by atoms with van der Waals surface area (Å²) >= 11 is 6.19. The minimum absolute atomic E-state index is 0.562. The van der Waals surface area contributed by atoms with Crippen LogP contribution in [-0.4, -0.2) is 37.2 Å². The van der Waals surface area contributed by atoms with Crippen molar-refractivity contribution in [3.8, 4) is 5.75 Å². The van der Waals surface area contributed by atoms with E-state index in [9.17, 15) is 0 Å². The van der Waals surface area contributed by atoms with Gasteiger partial charge in [-0.2, -0.15) is 0 Å². The summed E-state index contributed by atoms with van der Waals surface area (Å²) < 4.78 is 5.75. The van der Waals surface area contributed by atoms with Crippen molar-refractivity contribution in [3.05, 3.63) is 28.3 Å². The Balaban J connectivity index is 1.80. The minimum atomic E-state index is 0.562. The predicted octanol–water partition coefficient (Wildman–Crippen LogP) is 2.07. The van der Waals surface area contributed by atoms with Gasteiger partial charge in [0.2, 0.25) is 0 Å². The van der Waals surface area contributed by atoms with Crippen LogP contribution >= 0.6 is 11.6 Å². The second-order valence-electron chi connectivity index (χ2n) is 5.24. The lowest BCUT2D eigenvalue weighted by molar-refractivity contribution is 0.197. The molecule has 2 aliphatic heterocycles. The normalized spacial score (nSPS) is 23.8. The van der Waals surface area contributed by atoms with Crippen LogP contribution in [0.25, 0.3) is 0 Å². The number of nitrogens with one attached hydrogen (secondary N) is 1. The molecule has 0 aliphatic carbocycles. The highest BCUT2D eigenvalue weighted by atomic mass is 35.5. The molecule has 1 aromatic rings. The zero-order chi connectivity index (χ0) is 12.5. The van der Waals surface area contributed by atoms with Crippen LogP contribution in [0.1, 0.15) is 18.1 Å². The fourth-order valence-corrected chi connectivity index (χ4v) is 3.12. The summed E-state index contributed by atoms with van der Waals surface area (Å²) in [6.07, 6.45) is 0.987. The van der Waals surface area contributed by atoms with E-state index in [2.05, 4.69) is 23.2 Å². The average molecular weight is 267 g/mol. The first kappa shape index (κ1) is 12.3. The Morgan fingerprint density at radius 1 is 1.50 bits per heavy atom. The maximum atomic E-state index is 6.19. The first-order valence-electron chi connectivity index (χ1n) is 6.62. The summed E-state index contributed by atoms with van der Waals surface area (Å²) in [5.74, 6) is 1.07. The van der Waals surface area contributed by atoms with Gasteiger partial charge in [0.1, 0.15) is 5.75 Å². The standard InChI is InChI=1S/C14H19ClN2O/c1-10-8-17(4-3-16-10)9-12-7-13(15)6-11-2-5-18-14(11)12/h6-7,10,16H,2-5,8-9H2,1H3. The van der Waals surface area contributed by atoms with Crippen molar-refractivity contribution in [2.45, 2.75) is 25.9 Å². The molecule has 1 saturated heterocycles. The molecule has 1 N–H and O–H groups in total. The van der Waals surface area contributed by atoms with Gasteiger partial charge in [0.25, 0.3) is 0 Å². The Bertz CT molecular complexity index is 450. The summed E-state index contributed by atoms with van der Waals surface area (Å²) in [6.45, 7) is 7.19. The summed E-state index contributed by atoms with van der Waals surface area (Å²) in [6, 6.07) is 4.65. The number of ether oxygens (including phenoxy) is 1. The summed E-state index contributed by atoms with van der Waals surface area (Å²) in [5.41, 5.74) is 2.50. The number of fused-ring (bicyclic) bond motifs is 1. The van der Waals surface area contributed by atoms with Crippen molar-refractivity contribution < 1.29 is 4.74 Å². The Morgan fingerprint density at radius 2 is 2.39 bits per heavy atom. The molecule has 1 unspecified atom stereocenters. The van der Waals surface area contributed by atoms with Crippen LogP contribution in [0.4, 0.5) is 0 Å². The molecule has 0 spiro atoms. The predicted molar refractivity (Wildman–Crippen MR) is 73.4 cm³/mol. The van der Waals surface area contributed by atoms with E-state index < -0.39 is 0 Å². The Morgan fingerprint density at radius 3 is 3.22 bits per heavy atom. The van der Waals surface area contributed by atoms with E-state index in [1.165, 1.54) is 11.1 Å². The molecule has 0 saturated carbocycles. The lowest BCUT2D eigenvalue weighted by Gasteiger charge is -2.32. The number of rotatable bonds is 2. The van der Waals surface area contributed by atoms with Crippen LogP contribution in [-0.2, 0) is 13.0 Å². The molecule has 0 amide bonds. The topological polar surface area (TPSA) is 24.5 Å². The van der Waals surface area contributed by atoms with E-state index in [0.717, 1.165) is 50.0 Å². The van der Waals surface area contributed by atoms with Crippen LogP contribution in [0.5, 0.6) is 5.75 Å². The zero-order valence-electron chi connectivity index (χ0n) is 10.7. The lowest BCUT2D eigenvalue weighted by Crippen LogP contribution is -2.48. The van der Waals surface area contributed by atoms with Gasteiger partial charge in [-0.1, -0.05) is 11.6 Å². The SMILES string of the molecule is CC1CN(Cc2cc(Cl)cc3c2OCC3)CCN1. The molecule has 0 aromatic heterocycles. The molecule has 1 atom stereocenters. The highest BCUT2D eigenvalue weighted by molar-refractivity contribution is 6.30. The van der Waals surface area contributed by atoms with Crippen LogP contribution in [0.3, 0.4) is 0 Å². The van der Waals surface area contributed by atoms with Crippen LogP contribution in [0.15, 0.2) is 12.1 Å². The van der Waals surface area contributed by atoms with Crippen LogP contribution in [0, 0.1) is 0 Å². The zero-order valence-corrected chi connectivity index (χ0v) is 11.5. The fourth-order valence-electron chi connectivity index (χ4n) is 2.86. The summed E-state index contributed by atoms with van der Waals surface area (Å²) in [4.78, 5) is 2.47. The van der Waals surface area contributed by atoms with Gasteiger partial charge in [0.05, 0.1) is 6.61 Å². The quantitative estimate of drug-likeness (QED) is 0.887. The first-order chi connectivity index (χ1) is 8.72. The molecule has 0 radical (unpaired) electrons. The number of halogens is 1. The molecule has 2 heterocycles. The third-order valence-corrected chi connectivity index (χ3v) is 3.89. The maximum Gasteiger partial charge on any atom is 0.127 e. The highest BCUT2D eigenvalue weighted by Crippen LogP contribution is 2.33. The first-order valence-corrected chi connectivity index (χ1v) is 7.00. The minimum Gasteiger partial charge on any atom is -0.493 e. The van der Waals surface area contributed by atoms with Crippen molar-refractivity contribution in [3.63, 3.8) is 0 Å². The Kier molecular flexibility index (Phi) is 3.46. The monoisotopic (exact) mass is 266 g/mol. The maximum absolute atomic E-state index is 6.19. The smallest absolute Gasteiger partial charge is 0.127 e. The van der Waals surface area contributed by atoms with Crippen molar-refractivity contribution >= 4 is 11.6 Å². The number of piperazine rings is 1. The van der Waals surface area contributed by atoms with Crippen LogP contribution < -0.4 is 10.1 Å². The summed E-state index contributed by atoms with van der Waals surface area (Å²) in [5, 5.41) is 4.29. The summed E-state index contributed by atoms with van der Waals surface area (Å²) in [7, 11) is 0. The van der Waals surface area contributed by atoms with E-state index in [-0.39, 0.29) is 0 Å². The van der Waals surface area contributed by atoms with E-state index in [1.807, 2.05) is 6.07 Å². The number of nitrogens with zero attached hydrogens (tertiary/aromatic N) is 1. The number of hydrogen-bond acceptors (Lipinski definition) is 3. The van der Waals surface area contributed by atoms with Crippen molar-refractivity contribution in [2.24, 2.45) is 0 Å². The molecule has 1 fully saturated rings. The molecular weight excluding hydrogens is 248 g/mol. The molecule has 2 aliphatic rings. The van der Waals surface area contributed by atoms with Crippen molar-refractivity contribution in [1.82, 2.24) is 10.2 Å². The van der Waals surface area contributed by atoms with Gasteiger partial charge >= 0.3 is 0 Å². The van der Waals surface area contributed by atoms with E-state index in [4.69, 9.17) is 16.3 Å². The van der Waals surface area contributed by atoms with E-state index >= 15 is 0 Å². The second-order valence-corrected chi connectivity index (χ2v) is 5.68. The number of benzene rings is 1. The van der Waals surface area contributed by atoms with Crippen molar-refractivity contribution in [2.75, 3.05) is 26.2 Å². The molecule has 3 nitrogen and oxygen atoms in total. The fraction of sp³-hybridized carbons (Fsp3) is 0.571. The van der Waals surface area contributed by atoms with Gasteiger partial charge in [-0.25, -0.2) is 0 Å². The molecule has 0 bridgehead atoms. The highest BCUT2D eigenvalue weighted by Gasteiger charge is 2.21. The van der Waals surface area contributed by atoms with Crippen molar-refractivity contribution in [1.29, 1.82) is 0 Å². The van der Waals surface area contributed by atoms with Gasteiger partial charge < -0.3 is 10.1 Å². The molecule has 1 aromatic carbocycles. The van der Waals surface area contributed by atoms with Gasteiger partial charge in [0, 0.05) is 49.2 Å². The molecule has 18 heavy (non-hydrogen) atoms. The Labute approximate surface area is 113 Å². The lowest BCUT2D eigenvalue weighted by atomic mass is 10.1. The molecule has 4 heteroatoms. The Hall–Kier alpha value is -0.770. The van der Waals surface area contributed by atoms with E-state index in [0.29, 0.717) is 6.04 Å². The van der Waals surface area contributed by atoms with Crippen LogP contribution in [0.2, 0.25) is 5.02 Å². The van der Waals surface area contributed by atoms with E-state index in [1.54, 1.807) is 0 Å². The molecular formula is C14H19ClN2O. The third-order valence-electron chi connectivity index (χ3n) is 3.67. The molecule has 3 rings (SSSR count). The third kappa shape index (κ3) is 2.48. The van der Waals surface area contributed by atoms with Gasteiger partial charge in [0.15, 0.2) is 0 Å². The second kappa shape index (κ2) is 5.08. The largest absolute Gasteiger partial charge is 0.493 e. The van der Waals surface area contributed by atoms with Gasteiger partial charge in [-0.15, -0.1) is 0 Å². The van der Waals surface area contributed by atoms with Gasteiger partial charge in [-0.05, 0) is 24.6 Å². The number of hydrogen-bond donors (Lipinski definition) is 1. The molecule has 98 valence electrons.